The van der Waals surface area contributed by atoms with E-state index in [1.165, 1.54) is 10.9 Å². The van der Waals surface area contributed by atoms with Crippen molar-refractivity contribution >= 4 is 21.9 Å². The summed E-state index contributed by atoms with van der Waals surface area (Å²) in [7, 11) is 2.03. The van der Waals surface area contributed by atoms with Crippen molar-refractivity contribution < 1.29 is 0 Å². The molecule has 0 fully saturated rings. The highest BCUT2D eigenvalue weighted by molar-refractivity contribution is 5.90. The van der Waals surface area contributed by atoms with Gasteiger partial charge in [0.2, 0.25) is 0 Å². The molecule has 0 aliphatic heterocycles. The van der Waals surface area contributed by atoms with Gasteiger partial charge in [0.15, 0.2) is 5.82 Å². The van der Waals surface area contributed by atoms with Gasteiger partial charge in [-0.05, 0) is 42.8 Å². The van der Waals surface area contributed by atoms with E-state index < -0.39 is 0 Å². The fraction of sp³-hybridized carbons (Fsp3) is 0.0909. The van der Waals surface area contributed by atoms with Crippen LogP contribution in [0.25, 0.3) is 44.8 Å². The number of fused-ring (bicyclic) bond motifs is 2. The summed E-state index contributed by atoms with van der Waals surface area (Å²) in [6.45, 7) is 2.14. The second kappa shape index (κ2) is 5.56. The Kier molecular flexibility index (Phi) is 3.19. The van der Waals surface area contributed by atoms with E-state index in [-0.39, 0.29) is 0 Å². The highest BCUT2D eigenvalue weighted by Crippen LogP contribution is 2.30. The molecule has 0 atom stereocenters. The van der Waals surface area contributed by atoms with Crippen LogP contribution in [0.1, 0.15) is 5.56 Å². The molecular weight excluding hydrogens is 320 g/mol. The second-order valence-electron chi connectivity index (χ2n) is 6.56. The number of imidazole rings is 1. The second-order valence-corrected chi connectivity index (χ2v) is 6.56. The lowest BCUT2D eigenvalue weighted by Crippen LogP contribution is -1.96. The van der Waals surface area contributed by atoms with Crippen LogP contribution in [0.3, 0.4) is 0 Å². The van der Waals surface area contributed by atoms with Crippen molar-refractivity contribution in [3.05, 3.63) is 72.3 Å². The van der Waals surface area contributed by atoms with E-state index >= 15 is 0 Å². The Bertz CT molecular complexity index is 1160. The molecule has 5 rings (SSSR count). The molecule has 0 spiro atoms. The first-order valence-electron chi connectivity index (χ1n) is 8.69. The quantitative estimate of drug-likeness (QED) is 0.487. The lowest BCUT2D eigenvalue weighted by Gasteiger charge is -2.05. The van der Waals surface area contributed by atoms with Gasteiger partial charge < -0.3 is 9.55 Å². The van der Waals surface area contributed by atoms with Crippen LogP contribution < -0.4 is 0 Å². The highest BCUT2D eigenvalue weighted by atomic mass is 15.1. The van der Waals surface area contributed by atoms with Crippen LogP contribution in [0, 0.1) is 6.92 Å². The summed E-state index contributed by atoms with van der Waals surface area (Å²) in [5.74, 6) is 0.877. The van der Waals surface area contributed by atoms with Crippen molar-refractivity contribution in [3.63, 3.8) is 0 Å². The van der Waals surface area contributed by atoms with Gasteiger partial charge in [0.1, 0.15) is 5.69 Å². The van der Waals surface area contributed by atoms with Gasteiger partial charge >= 0.3 is 0 Å². The SMILES string of the molecule is Cc1c(-c2cccc(-c3nc4ccccc4n3C)n2)[nH]c2ccccc12. The van der Waals surface area contributed by atoms with Crippen LogP contribution in [0.2, 0.25) is 0 Å². The lowest BCUT2D eigenvalue weighted by molar-refractivity contribution is 0.950. The maximum absolute atomic E-state index is 4.91. The van der Waals surface area contributed by atoms with E-state index in [9.17, 15) is 0 Å². The third-order valence-corrected chi connectivity index (χ3v) is 4.99. The van der Waals surface area contributed by atoms with Crippen LogP contribution in [-0.4, -0.2) is 19.5 Å². The first kappa shape index (κ1) is 14.9. The monoisotopic (exact) mass is 338 g/mol. The molecule has 2 aromatic carbocycles. The number of benzene rings is 2. The van der Waals surface area contributed by atoms with Gasteiger partial charge in [-0.3, -0.25) is 0 Å². The van der Waals surface area contributed by atoms with Gasteiger partial charge in [0.25, 0.3) is 0 Å². The molecule has 4 heteroatoms. The Morgan fingerprint density at radius 3 is 2.42 bits per heavy atom. The van der Waals surface area contributed by atoms with Crippen molar-refractivity contribution in [3.8, 4) is 22.9 Å². The summed E-state index contributed by atoms with van der Waals surface area (Å²) >= 11 is 0. The molecule has 0 aliphatic rings. The third kappa shape index (κ3) is 2.15. The van der Waals surface area contributed by atoms with E-state index in [0.717, 1.165) is 39.5 Å². The standard InChI is InChI=1S/C22H18N4/c1-14-15-8-3-4-9-16(15)24-21(14)18-11-7-12-19(23-18)22-25-17-10-5-6-13-20(17)26(22)2/h3-13,24H,1-2H3. The summed E-state index contributed by atoms with van der Waals surface area (Å²) in [5, 5.41) is 1.23. The fourth-order valence-corrected chi connectivity index (χ4v) is 3.61. The van der Waals surface area contributed by atoms with Crippen molar-refractivity contribution in [2.24, 2.45) is 7.05 Å². The molecule has 4 nitrogen and oxygen atoms in total. The molecule has 0 aliphatic carbocycles. The minimum atomic E-state index is 0.874. The minimum Gasteiger partial charge on any atom is -0.353 e. The number of hydrogen-bond acceptors (Lipinski definition) is 2. The van der Waals surface area contributed by atoms with Crippen molar-refractivity contribution in [2.75, 3.05) is 0 Å². The third-order valence-electron chi connectivity index (χ3n) is 4.99. The molecule has 0 unspecified atom stereocenters. The first-order valence-corrected chi connectivity index (χ1v) is 8.69. The van der Waals surface area contributed by atoms with E-state index in [0.29, 0.717) is 0 Å². The average Bonchev–Trinajstić information content (AvgIpc) is 3.20. The number of nitrogens with one attached hydrogen (secondary N) is 1. The molecule has 5 aromatic rings. The van der Waals surface area contributed by atoms with Crippen molar-refractivity contribution in [1.29, 1.82) is 0 Å². The lowest BCUT2D eigenvalue weighted by atomic mass is 10.1. The molecular formula is C22H18N4. The van der Waals surface area contributed by atoms with Crippen LogP contribution in [0.15, 0.2) is 66.7 Å². The van der Waals surface area contributed by atoms with Crippen molar-refractivity contribution in [1.82, 2.24) is 19.5 Å². The summed E-state index contributed by atoms with van der Waals surface area (Å²) in [4.78, 5) is 13.2. The molecule has 3 aromatic heterocycles. The molecule has 0 bridgehead atoms. The maximum atomic E-state index is 4.91. The molecule has 126 valence electrons. The van der Waals surface area contributed by atoms with Crippen LogP contribution in [0.5, 0.6) is 0 Å². The molecule has 1 N–H and O–H groups in total. The van der Waals surface area contributed by atoms with E-state index in [1.54, 1.807) is 0 Å². The Morgan fingerprint density at radius 1 is 0.808 bits per heavy atom. The number of rotatable bonds is 2. The van der Waals surface area contributed by atoms with Crippen molar-refractivity contribution in [2.45, 2.75) is 6.92 Å². The summed E-state index contributed by atoms with van der Waals surface area (Å²) in [6.07, 6.45) is 0. The average molecular weight is 338 g/mol. The number of nitrogens with zero attached hydrogens (tertiary/aromatic N) is 3. The summed E-state index contributed by atoms with van der Waals surface area (Å²) < 4.78 is 2.10. The van der Waals surface area contributed by atoms with E-state index in [4.69, 9.17) is 9.97 Å². The molecule has 0 saturated carbocycles. The predicted octanol–water partition coefficient (Wildman–Crippen LogP) is 5.09. The topological polar surface area (TPSA) is 46.5 Å². The van der Waals surface area contributed by atoms with E-state index in [2.05, 4.69) is 40.7 Å². The smallest absolute Gasteiger partial charge is 0.159 e. The van der Waals surface area contributed by atoms with Crippen LogP contribution in [0.4, 0.5) is 0 Å². The Hall–Kier alpha value is -3.40. The number of aryl methyl sites for hydroxylation is 2. The number of aromatic amines is 1. The molecule has 26 heavy (non-hydrogen) atoms. The minimum absolute atomic E-state index is 0.874. The number of H-pyrrole nitrogens is 1. The molecule has 3 heterocycles. The maximum Gasteiger partial charge on any atom is 0.159 e. The Morgan fingerprint density at radius 2 is 1.58 bits per heavy atom. The van der Waals surface area contributed by atoms with Gasteiger partial charge in [-0.1, -0.05) is 36.4 Å². The van der Waals surface area contributed by atoms with Crippen LogP contribution in [-0.2, 0) is 7.05 Å². The largest absolute Gasteiger partial charge is 0.353 e. The molecule has 0 amide bonds. The Labute approximate surface area is 151 Å². The van der Waals surface area contributed by atoms with Crippen LogP contribution >= 0.6 is 0 Å². The number of pyridine rings is 1. The predicted molar refractivity (Wildman–Crippen MR) is 106 cm³/mol. The highest BCUT2D eigenvalue weighted by Gasteiger charge is 2.14. The summed E-state index contributed by atoms with van der Waals surface area (Å²) in [6, 6.07) is 22.6. The molecule has 0 saturated heterocycles. The zero-order chi connectivity index (χ0) is 17.7. The number of hydrogen-bond donors (Lipinski definition) is 1. The van der Waals surface area contributed by atoms with Gasteiger partial charge in [0, 0.05) is 18.0 Å². The Balaban J connectivity index is 1.69. The zero-order valence-electron chi connectivity index (χ0n) is 14.7. The van der Waals surface area contributed by atoms with E-state index in [1.807, 2.05) is 49.5 Å². The fourth-order valence-electron chi connectivity index (χ4n) is 3.61. The van der Waals surface area contributed by atoms with Gasteiger partial charge in [-0.2, -0.15) is 0 Å². The summed E-state index contributed by atoms with van der Waals surface area (Å²) in [5.41, 5.74) is 7.31. The normalized spacial score (nSPS) is 11.5. The number of para-hydroxylation sites is 3. The zero-order valence-corrected chi connectivity index (χ0v) is 14.7. The van der Waals surface area contributed by atoms with Gasteiger partial charge in [-0.15, -0.1) is 0 Å². The van der Waals surface area contributed by atoms with Gasteiger partial charge in [0.05, 0.1) is 22.4 Å². The first-order chi connectivity index (χ1) is 12.7. The molecule has 0 radical (unpaired) electrons. The number of aromatic nitrogens is 4. The van der Waals surface area contributed by atoms with Gasteiger partial charge in [-0.25, -0.2) is 9.97 Å².